The summed E-state index contributed by atoms with van der Waals surface area (Å²) in [5.41, 5.74) is 0. The molecule has 0 saturated heterocycles. The number of hydrogen-bond donors (Lipinski definition) is 0. The van der Waals surface area contributed by atoms with Gasteiger partial charge in [0.2, 0.25) is 0 Å². The Morgan fingerprint density at radius 2 is 2.45 bits per heavy atom. The summed E-state index contributed by atoms with van der Waals surface area (Å²) in [4.78, 5) is 11.0. The molecular formula is C8H10O2S. The van der Waals surface area contributed by atoms with Crippen molar-refractivity contribution >= 4 is 17.5 Å². The maximum absolute atomic E-state index is 11.0. The molecule has 0 saturated carbocycles. The summed E-state index contributed by atoms with van der Waals surface area (Å²) in [6, 6.07) is 3.62. The van der Waals surface area contributed by atoms with Crippen LogP contribution in [0.4, 0.5) is 0 Å². The van der Waals surface area contributed by atoms with Crippen LogP contribution in [-0.2, 0) is 4.79 Å². The quantitative estimate of drug-likeness (QED) is 0.697. The maximum atomic E-state index is 11.0. The van der Waals surface area contributed by atoms with E-state index in [1.807, 2.05) is 12.3 Å². The second kappa shape index (κ2) is 3.62. The second-order valence-electron chi connectivity index (χ2n) is 2.24. The highest BCUT2D eigenvalue weighted by Gasteiger charge is 2.17. The average molecular weight is 170 g/mol. The molecular weight excluding hydrogens is 160 g/mol. The van der Waals surface area contributed by atoms with E-state index in [0.717, 1.165) is 5.76 Å². The van der Waals surface area contributed by atoms with Crippen molar-refractivity contribution in [2.45, 2.75) is 12.2 Å². The standard InChI is InChI=1S/C8H10O2S/c1-6(9)8(11-2)7-4-3-5-10-7/h3-5,8H,1-2H3. The summed E-state index contributed by atoms with van der Waals surface area (Å²) >= 11 is 1.49. The van der Waals surface area contributed by atoms with E-state index in [9.17, 15) is 4.79 Å². The molecule has 0 N–H and O–H groups in total. The lowest BCUT2D eigenvalue weighted by Crippen LogP contribution is -2.02. The molecule has 1 aromatic rings. The van der Waals surface area contributed by atoms with E-state index in [0.29, 0.717) is 0 Å². The molecule has 0 fully saturated rings. The van der Waals surface area contributed by atoms with Gasteiger partial charge in [0.15, 0.2) is 0 Å². The summed E-state index contributed by atoms with van der Waals surface area (Å²) in [6.45, 7) is 1.57. The maximum Gasteiger partial charge on any atom is 0.150 e. The predicted molar refractivity (Wildman–Crippen MR) is 45.6 cm³/mol. The zero-order valence-electron chi connectivity index (χ0n) is 6.53. The third kappa shape index (κ3) is 1.87. The molecule has 1 atom stereocenters. The van der Waals surface area contributed by atoms with Gasteiger partial charge in [0.05, 0.1) is 6.26 Å². The van der Waals surface area contributed by atoms with Crippen molar-refractivity contribution in [3.63, 3.8) is 0 Å². The minimum atomic E-state index is -0.134. The van der Waals surface area contributed by atoms with Crippen LogP contribution in [0.25, 0.3) is 0 Å². The molecule has 2 nitrogen and oxygen atoms in total. The number of Topliss-reactive ketones (excluding diaryl/α,β-unsaturated/α-hetero) is 1. The molecule has 0 aliphatic rings. The lowest BCUT2D eigenvalue weighted by molar-refractivity contribution is -0.116. The van der Waals surface area contributed by atoms with E-state index in [4.69, 9.17) is 4.42 Å². The Hall–Kier alpha value is -0.700. The smallest absolute Gasteiger partial charge is 0.150 e. The number of furan rings is 1. The van der Waals surface area contributed by atoms with E-state index in [1.54, 1.807) is 19.3 Å². The van der Waals surface area contributed by atoms with Gasteiger partial charge in [-0.2, -0.15) is 0 Å². The van der Waals surface area contributed by atoms with Crippen LogP contribution in [0.5, 0.6) is 0 Å². The van der Waals surface area contributed by atoms with Gasteiger partial charge in [-0.1, -0.05) is 0 Å². The van der Waals surface area contributed by atoms with Gasteiger partial charge in [0, 0.05) is 0 Å². The van der Waals surface area contributed by atoms with Crippen molar-refractivity contribution in [1.82, 2.24) is 0 Å². The van der Waals surface area contributed by atoms with Crippen molar-refractivity contribution < 1.29 is 9.21 Å². The van der Waals surface area contributed by atoms with Crippen LogP contribution in [0.2, 0.25) is 0 Å². The van der Waals surface area contributed by atoms with Crippen LogP contribution < -0.4 is 0 Å². The highest BCUT2D eigenvalue weighted by molar-refractivity contribution is 7.99. The summed E-state index contributed by atoms with van der Waals surface area (Å²) in [7, 11) is 0. The van der Waals surface area contributed by atoms with E-state index in [1.165, 1.54) is 11.8 Å². The monoisotopic (exact) mass is 170 g/mol. The number of carbonyl (C=O) groups excluding carboxylic acids is 1. The number of ketones is 1. The molecule has 0 aliphatic carbocycles. The fourth-order valence-electron chi connectivity index (χ4n) is 0.923. The Morgan fingerprint density at radius 3 is 2.82 bits per heavy atom. The average Bonchev–Trinajstić information content (AvgIpc) is 2.40. The van der Waals surface area contributed by atoms with Gasteiger partial charge in [-0.15, -0.1) is 11.8 Å². The van der Waals surface area contributed by atoms with E-state index >= 15 is 0 Å². The summed E-state index contributed by atoms with van der Waals surface area (Å²) in [6.07, 6.45) is 3.48. The zero-order chi connectivity index (χ0) is 8.27. The van der Waals surface area contributed by atoms with Crippen molar-refractivity contribution in [1.29, 1.82) is 0 Å². The molecule has 3 heteroatoms. The number of hydrogen-bond acceptors (Lipinski definition) is 3. The summed E-state index contributed by atoms with van der Waals surface area (Å²) < 4.78 is 5.11. The van der Waals surface area contributed by atoms with Crippen molar-refractivity contribution in [3.8, 4) is 0 Å². The highest BCUT2D eigenvalue weighted by atomic mass is 32.2. The SMILES string of the molecule is CSC(C(C)=O)c1ccco1. The third-order valence-electron chi connectivity index (χ3n) is 1.41. The van der Waals surface area contributed by atoms with E-state index in [-0.39, 0.29) is 11.0 Å². The van der Waals surface area contributed by atoms with Crippen LogP contribution in [0.3, 0.4) is 0 Å². The lowest BCUT2D eigenvalue weighted by Gasteiger charge is -2.05. The molecule has 0 bridgehead atoms. The lowest BCUT2D eigenvalue weighted by atomic mass is 10.2. The second-order valence-corrected chi connectivity index (χ2v) is 3.18. The van der Waals surface area contributed by atoms with Gasteiger partial charge in [0.1, 0.15) is 16.8 Å². The molecule has 0 aromatic carbocycles. The van der Waals surface area contributed by atoms with Crippen LogP contribution in [0, 0.1) is 0 Å². The first kappa shape index (κ1) is 8.40. The van der Waals surface area contributed by atoms with Crippen LogP contribution in [0.1, 0.15) is 17.9 Å². The number of rotatable bonds is 3. The molecule has 1 unspecified atom stereocenters. The normalized spacial score (nSPS) is 12.9. The van der Waals surface area contributed by atoms with E-state index < -0.39 is 0 Å². The summed E-state index contributed by atoms with van der Waals surface area (Å²) in [5, 5.41) is -0.134. The van der Waals surface area contributed by atoms with Gasteiger partial charge in [-0.05, 0) is 25.3 Å². The molecule has 0 amide bonds. The first-order valence-electron chi connectivity index (χ1n) is 3.32. The fraction of sp³-hybridized carbons (Fsp3) is 0.375. The number of thioether (sulfide) groups is 1. The summed E-state index contributed by atoms with van der Waals surface area (Å²) in [5.74, 6) is 0.873. The molecule has 60 valence electrons. The van der Waals surface area contributed by atoms with Crippen molar-refractivity contribution in [3.05, 3.63) is 24.2 Å². The van der Waals surface area contributed by atoms with Gasteiger partial charge >= 0.3 is 0 Å². The van der Waals surface area contributed by atoms with E-state index in [2.05, 4.69) is 0 Å². The molecule has 1 aromatic heterocycles. The van der Waals surface area contributed by atoms with Gasteiger partial charge < -0.3 is 4.42 Å². The molecule has 1 heterocycles. The third-order valence-corrected chi connectivity index (χ3v) is 2.44. The minimum absolute atomic E-state index is 0.132. The van der Waals surface area contributed by atoms with Crippen molar-refractivity contribution in [2.75, 3.05) is 6.26 Å². The largest absolute Gasteiger partial charge is 0.468 e. The highest BCUT2D eigenvalue weighted by Crippen LogP contribution is 2.27. The topological polar surface area (TPSA) is 30.2 Å². The fourth-order valence-corrected chi connectivity index (χ4v) is 1.62. The van der Waals surface area contributed by atoms with Gasteiger partial charge in [0.25, 0.3) is 0 Å². The first-order chi connectivity index (χ1) is 5.25. The first-order valence-corrected chi connectivity index (χ1v) is 4.61. The molecule has 0 spiro atoms. The van der Waals surface area contributed by atoms with Crippen LogP contribution >= 0.6 is 11.8 Å². The molecule has 1 rings (SSSR count). The molecule has 0 aliphatic heterocycles. The van der Waals surface area contributed by atoms with Gasteiger partial charge in [-0.3, -0.25) is 4.79 Å². The number of carbonyl (C=O) groups is 1. The van der Waals surface area contributed by atoms with Crippen LogP contribution in [-0.4, -0.2) is 12.0 Å². The van der Waals surface area contributed by atoms with Gasteiger partial charge in [-0.25, -0.2) is 0 Å². The Labute approximate surface area is 70.0 Å². The Bertz CT molecular complexity index is 228. The minimum Gasteiger partial charge on any atom is -0.468 e. The van der Waals surface area contributed by atoms with Crippen molar-refractivity contribution in [2.24, 2.45) is 0 Å². The Balaban J connectivity index is 2.79. The molecule has 0 radical (unpaired) electrons. The zero-order valence-corrected chi connectivity index (χ0v) is 7.35. The molecule has 11 heavy (non-hydrogen) atoms. The Kier molecular flexibility index (Phi) is 2.76. The predicted octanol–water partition coefficient (Wildman–Crippen LogP) is 2.27. The Morgan fingerprint density at radius 1 is 1.73 bits per heavy atom. The van der Waals surface area contributed by atoms with Crippen LogP contribution in [0.15, 0.2) is 22.8 Å².